The van der Waals surface area contributed by atoms with Crippen molar-refractivity contribution >= 4 is 45.3 Å². The van der Waals surface area contributed by atoms with Crippen LogP contribution in [0.2, 0.25) is 0 Å². The molecule has 0 radical (unpaired) electrons. The number of hydrogen-bond donors (Lipinski definition) is 0. The van der Waals surface area contributed by atoms with Crippen LogP contribution in [0.4, 0.5) is 34.3 Å². The molecule has 4 heterocycles. The van der Waals surface area contributed by atoms with Crippen LogP contribution in [0.15, 0.2) is 285 Å². The Balaban J connectivity index is 0.903. The van der Waals surface area contributed by atoms with E-state index in [-0.39, 0.29) is 5.41 Å². The zero-order valence-electron chi connectivity index (χ0n) is 47.6. The van der Waals surface area contributed by atoms with Gasteiger partial charge in [-0.2, -0.15) is 0 Å². The van der Waals surface area contributed by atoms with E-state index in [0.29, 0.717) is 11.5 Å². The molecule has 0 N–H and O–H groups in total. The third-order valence-electron chi connectivity index (χ3n) is 17.1. The van der Waals surface area contributed by atoms with Crippen molar-refractivity contribution in [1.29, 1.82) is 0 Å². The van der Waals surface area contributed by atoms with Crippen molar-refractivity contribution in [2.75, 3.05) is 9.80 Å². The van der Waals surface area contributed by atoms with Crippen LogP contribution < -0.4 is 14.5 Å². The van der Waals surface area contributed by atoms with Crippen LogP contribution in [0, 0.1) is 10.7 Å². The molecule has 0 bridgehead atoms. The number of para-hydroxylation sites is 7. The number of nitrogens with zero attached hydrogens (tertiary/aromatic N) is 5. The summed E-state index contributed by atoms with van der Waals surface area (Å²) in [7, 11) is 0. The molecule has 15 rings (SSSR count). The van der Waals surface area contributed by atoms with E-state index < -0.39 is 5.41 Å². The molecule has 0 atom stereocenters. The molecule has 0 unspecified atom stereocenters. The standard InChI is InChI=1S/C78H59N5O.Pt/c1-53-48-75(79-51-64(53)56-42-44-57(45-43-56)77(2,3)4)83-71-39-19-16-36-67(71)78(65-34-14-17-37-69(65)82(58-28-12-7-13-29-58)70-38-18-15-35-66(70)78)68-47-46-61(50-74(68)83)84-60-31-22-30-59(49-60)80-52-81(73-41-21-20-40-72(73)80)76-62(54-24-8-5-9-25-54)32-23-33-63(76)55-26-10-6-11-27-55;/h5-51H,1-4H3;. The Labute approximate surface area is 507 Å². The zero-order chi connectivity index (χ0) is 57.4. The van der Waals surface area contributed by atoms with Gasteiger partial charge in [-0.3, -0.25) is 0 Å². The number of fused-ring (bicyclic) bond motifs is 9. The summed E-state index contributed by atoms with van der Waals surface area (Å²) in [5.41, 5.74) is 23.0. The summed E-state index contributed by atoms with van der Waals surface area (Å²) < 4.78 is 13.0. The number of aromatic nitrogens is 3. The molecule has 0 fully saturated rings. The first-order valence-electron chi connectivity index (χ1n) is 29.0. The van der Waals surface area contributed by atoms with Crippen molar-refractivity contribution < 1.29 is 24.1 Å². The summed E-state index contributed by atoms with van der Waals surface area (Å²) in [6, 6.07) is 101. The van der Waals surface area contributed by atoms with E-state index in [2.05, 4.69) is 351 Å². The van der Waals surface area contributed by atoms with Gasteiger partial charge in [-0.15, -0.1) is 0 Å². The summed E-state index contributed by atoms with van der Waals surface area (Å²) in [6.07, 6.45) is 2.05. The van der Waals surface area contributed by atoms with E-state index in [1.807, 2.05) is 0 Å². The number of benzene rings is 11. The van der Waals surface area contributed by atoms with Gasteiger partial charge in [-0.1, -0.05) is 118 Å². The number of ether oxygens (including phenoxy) is 1. The third kappa shape index (κ3) is 8.57. The Morgan fingerprint density at radius 1 is 0.400 bits per heavy atom. The monoisotopic (exact) mass is 1280 g/mol. The Morgan fingerprint density at radius 3 is 1.47 bits per heavy atom. The molecule has 13 aromatic rings. The molecule has 1 spiro atoms. The van der Waals surface area contributed by atoms with Gasteiger partial charge >= 0.3 is 306 Å². The molecule has 6 nitrogen and oxygen atoms in total. The van der Waals surface area contributed by atoms with Gasteiger partial charge in [-0.05, 0) is 53.3 Å². The van der Waals surface area contributed by atoms with Crippen molar-refractivity contribution in [3.8, 4) is 56.3 Å². The normalized spacial score (nSPS) is 13.1. The fourth-order valence-electron chi connectivity index (χ4n) is 13.3. The number of anilines is 6. The fourth-order valence-corrected chi connectivity index (χ4v) is 14.4. The molecular weight excluding hydrogens is 1220 g/mol. The summed E-state index contributed by atoms with van der Waals surface area (Å²) in [5, 5.41) is 0. The van der Waals surface area contributed by atoms with Gasteiger partial charge in [0.25, 0.3) is 0 Å². The number of rotatable bonds is 9. The Hall–Kier alpha value is -9.87. The first-order chi connectivity index (χ1) is 41.6. The van der Waals surface area contributed by atoms with Crippen molar-refractivity contribution in [1.82, 2.24) is 14.1 Å². The average molecular weight is 1280 g/mol. The SMILES string of the molecule is Cc1cc(N2c3ccccc3C3(c4ccccc4N(c4ccccc4)c4ccccc43)c3ccc(Oc4cccc(-n5[c](=[Pt])n(-c6c(-c7ccccc7)cccc6-c6ccccc6)c6ccccc65)c4)cc32)ncc1-c1ccc(C(C)(C)C)cc1. The van der Waals surface area contributed by atoms with E-state index in [9.17, 15) is 0 Å². The number of pyridine rings is 1. The molecule has 11 aromatic carbocycles. The summed E-state index contributed by atoms with van der Waals surface area (Å²) in [5.74, 6) is 2.25. The van der Waals surface area contributed by atoms with Crippen LogP contribution in [-0.2, 0) is 30.2 Å². The minimum atomic E-state index is -0.746. The average Bonchev–Trinajstić information content (AvgIpc) is 1.19. The van der Waals surface area contributed by atoms with Crippen LogP contribution in [0.25, 0.3) is 55.8 Å². The topological polar surface area (TPSA) is 38.5 Å². The summed E-state index contributed by atoms with van der Waals surface area (Å²) in [4.78, 5) is 10.2. The second kappa shape index (κ2) is 20.8. The smallest absolute Gasteiger partial charge is 0.0579 e. The van der Waals surface area contributed by atoms with Gasteiger partial charge in [0.05, 0.1) is 11.4 Å². The van der Waals surface area contributed by atoms with Crippen molar-refractivity contribution in [3.05, 3.63) is 322 Å². The van der Waals surface area contributed by atoms with E-state index >= 15 is 0 Å². The molecule has 2 aliphatic rings. The van der Waals surface area contributed by atoms with Crippen LogP contribution in [0.1, 0.15) is 54.2 Å². The van der Waals surface area contributed by atoms with Crippen molar-refractivity contribution in [3.63, 3.8) is 0 Å². The molecule has 2 aliphatic heterocycles. The predicted molar refractivity (Wildman–Crippen MR) is 345 cm³/mol. The van der Waals surface area contributed by atoms with Gasteiger partial charge < -0.3 is 4.90 Å². The molecule has 85 heavy (non-hydrogen) atoms. The first-order valence-corrected chi connectivity index (χ1v) is 30.1. The van der Waals surface area contributed by atoms with Crippen LogP contribution in [0.5, 0.6) is 11.5 Å². The van der Waals surface area contributed by atoms with E-state index in [1.54, 1.807) is 0 Å². The minimum absolute atomic E-state index is 0.0517. The second-order valence-corrected chi connectivity index (χ2v) is 24.1. The maximum atomic E-state index is 7.22. The molecule has 7 heteroatoms. The van der Waals surface area contributed by atoms with Crippen LogP contribution >= 0.6 is 0 Å². The molecule has 412 valence electrons. The van der Waals surface area contributed by atoms with Gasteiger partial charge in [0, 0.05) is 17.4 Å². The second-order valence-electron chi connectivity index (χ2n) is 23.1. The van der Waals surface area contributed by atoms with E-state index in [0.717, 1.165) is 105 Å². The Kier molecular flexibility index (Phi) is 12.7. The fraction of sp³-hybridized carbons (Fsp3) is 0.0769. The third-order valence-corrected chi connectivity index (χ3v) is 18.1. The van der Waals surface area contributed by atoms with Crippen LogP contribution in [0.3, 0.4) is 0 Å². The molecule has 0 aliphatic carbocycles. The summed E-state index contributed by atoms with van der Waals surface area (Å²) >= 11 is 2.52. The molecule has 2 aromatic heterocycles. The molecule has 0 saturated heterocycles. The quantitative estimate of drug-likeness (QED) is 0.144. The van der Waals surface area contributed by atoms with Gasteiger partial charge in [0.2, 0.25) is 0 Å². The number of imidazole rings is 1. The number of hydrogen-bond acceptors (Lipinski definition) is 4. The van der Waals surface area contributed by atoms with Gasteiger partial charge in [-0.25, -0.2) is 0 Å². The van der Waals surface area contributed by atoms with Gasteiger partial charge in [0.15, 0.2) is 0 Å². The molecular formula is C78H59N5OPt. The minimum Gasteiger partial charge on any atom is -0.0579 e. The van der Waals surface area contributed by atoms with E-state index in [4.69, 9.17) is 9.72 Å². The zero-order valence-corrected chi connectivity index (χ0v) is 49.9. The van der Waals surface area contributed by atoms with E-state index in [1.165, 1.54) is 22.3 Å². The summed E-state index contributed by atoms with van der Waals surface area (Å²) in [6.45, 7) is 8.98. The molecule has 0 amide bonds. The van der Waals surface area contributed by atoms with Crippen molar-refractivity contribution in [2.24, 2.45) is 0 Å². The van der Waals surface area contributed by atoms with Gasteiger partial charge in [0.1, 0.15) is 0 Å². The molecule has 0 saturated carbocycles. The Morgan fingerprint density at radius 2 is 0.882 bits per heavy atom. The first kappa shape index (κ1) is 52.0. The number of aryl methyl sites for hydroxylation is 1. The Bertz CT molecular complexity index is 4670. The predicted octanol–water partition coefficient (Wildman–Crippen LogP) is 20.2. The maximum absolute atomic E-state index is 7.22. The van der Waals surface area contributed by atoms with Crippen molar-refractivity contribution in [2.45, 2.75) is 38.5 Å². The van der Waals surface area contributed by atoms with Crippen LogP contribution in [-0.4, -0.2) is 14.1 Å².